The Morgan fingerprint density at radius 2 is 1.92 bits per heavy atom. The smallest absolute Gasteiger partial charge is 0.122 e. The lowest BCUT2D eigenvalue weighted by Crippen LogP contribution is -2.38. The standard InChI is InChI=1S/C21H32N4/c1-3-25-16-12-22-21(25)18-24(15-11-19-7-5-4-6-8-19)17-20-9-13-23(2)14-10-20/h4-8,12,16,20H,3,9-11,13-15,17-18H2,1-2H3. The fraction of sp³-hybridized carbons (Fsp3) is 0.571. The van der Waals surface area contributed by atoms with Gasteiger partial charge in [0.1, 0.15) is 5.82 Å². The van der Waals surface area contributed by atoms with Crippen molar-refractivity contribution in [3.63, 3.8) is 0 Å². The van der Waals surface area contributed by atoms with Crippen LogP contribution in [0.5, 0.6) is 0 Å². The number of imidazole rings is 1. The molecule has 3 rings (SSSR count). The van der Waals surface area contributed by atoms with Crippen LogP contribution in [0.1, 0.15) is 31.2 Å². The SMILES string of the molecule is CCn1ccnc1CN(CCc1ccccc1)CC1CCN(C)CC1. The highest BCUT2D eigenvalue weighted by Gasteiger charge is 2.20. The minimum atomic E-state index is 0.817. The lowest BCUT2D eigenvalue weighted by Gasteiger charge is -2.33. The number of benzene rings is 1. The van der Waals surface area contributed by atoms with E-state index in [1.54, 1.807) is 0 Å². The third kappa shape index (κ3) is 5.41. The van der Waals surface area contributed by atoms with Gasteiger partial charge in [-0.25, -0.2) is 4.98 Å². The molecule has 1 aliphatic rings. The molecule has 4 nitrogen and oxygen atoms in total. The average Bonchev–Trinajstić information content (AvgIpc) is 3.09. The number of rotatable bonds is 8. The largest absolute Gasteiger partial charge is 0.334 e. The molecule has 25 heavy (non-hydrogen) atoms. The first kappa shape index (κ1) is 18.2. The maximum absolute atomic E-state index is 4.60. The van der Waals surface area contributed by atoms with Crippen LogP contribution in [0.15, 0.2) is 42.7 Å². The van der Waals surface area contributed by atoms with Crippen LogP contribution >= 0.6 is 0 Å². The van der Waals surface area contributed by atoms with E-state index in [0.29, 0.717) is 0 Å². The molecule has 0 amide bonds. The fourth-order valence-electron chi connectivity index (χ4n) is 3.76. The number of piperidine rings is 1. The van der Waals surface area contributed by atoms with Gasteiger partial charge in [0, 0.05) is 32.0 Å². The first-order chi connectivity index (χ1) is 12.2. The molecule has 0 spiro atoms. The van der Waals surface area contributed by atoms with Crippen LogP contribution in [-0.2, 0) is 19.5 Å². The second-order valence-electron chi connectivity index (χ2n) is 7.35. The summed E-state index contributed by atoms with van der Waals surface area (Å²) in [6, 6.07) is 10.8. The van der Waals surface area contributed by atoms with Gasteiger partial charge in [0.15, 0.2) is 0 Å². The van der Waals surface area contributed by atoms with E-state index in [0.717, 1.165) is 32.0 Å². The Kier molecular flexibility index (Phi) is 6.65. The molecule has 2 heterocycles. The molecule has 4 heteroatoms. The summed E-state index contributed by atoms with van der Waals surface area (Å²) in [4.78, 5) is 9.68. The molecule has 0 radical (unpaired) electrons. The van der Waals surface area contributed by atoms with Gasteiger partial charge in [-0.15, -0.1) is 0 Å². The van der Waals surface area contributed by atoms with E-state index in [1.807, 2.05) is 6.20 Å². The van der Waals surface area contributed by atoms with Gasteiger partial charge in [-0.1, -0.05) is 30.3 Å². The Morgan fingerprint density at radius 3 is 2.64 bits per heavy atom. The second-order valence-corrected chi connectivity index (χ2v) is 7.35. The highest BCUT2D eigenvalue weighted by molar-refractivity contribution is 5.14. The van der Waals surface area contributed by atoms with Gasteiger partial charge in [-0.2, -0.15) is 0 Å². The third-order valence-electron chi connectivity index (χ3n) is 5.42. The van der Waals surface area contributed by atoms with Gasteiger partial charge < -0.3 is 9.47 Å². The summed E-state index contributed by atoms with van der Waals surface area (Å²) in [6.45, 7) is 8.91. The molecule has 1 saturated heterocycles. The van der Waals surface area contributed by atoms with Crippen molar-refractivity contribution in [2.45, 2.75) is 39.3 Å². The number of aryl methyl sites for hydroxylation is 1. The Balaban J connectivity index is 1.62. The maximum atomic E-state index is 4.60. The number of hydrogen-bond donors (Lipinski definition) is 0. The van der Waals surface area contributed by atoms with Gasteiger partial charge in [0.25, 0.3) is 0 Å². The zero-order valence-electron chi connectivity index (χ0n) is 15.8. The van der Waals surface area contributed by atoms with Crippen LogP contribution in [0.4, 0.5) is 0 Å². The molecular weight excluding hydrogens is 308 g/mol. The minimum Gasteiger partial charge on any atom is -0.334 e. The summed E-state index contributed by atoms with van der Waals surface area (Å²) in [6.07, 6.45) is 7.78. The summed E-state index contributed by atoms with van der Waals surface area (Å²) in [5, 5.41) is 0. The van der Waals surface area contributed by atoms with Crippen molar-refractivity contribution in [3.8, 4) is 0 Å². The minimum absolute atomic E-state index is 0.817. The molecule has 0 N–H and O–H groups in total. The molecule has 2 aromatic rings. The fourth-order valence-corrected chi connectivity index (χ4v) is 3.76. The molecule has 1 aromatic carbocycles. The first-order valence-corrected chi connectivity index (χ1v) is 9.69. The molecule has 0 aliphatic carbocycles. The number of hydrogen-bond acceptors (Lipinski definition) is 3. The van der Waals surface area contributed by atoms with Gasteiger partial charge >= 0.3 is 0 Å². The molecular formula is C21H32N4. The summed E-state index contributed by atoms with van der Waals surface area (Å²) in [7, 11) is 2.24. The lowest BCUT2D eigenvalue weighted by molar-refractivity contribution is 0.154. The van der Waals surface area contributed by atoms with Crippen molar-refractivity contribution < 1.29 is 0 Å². The molecule has 1 aliphatic heterocycles. The Bertz CT molecular complexity index is 614. The average molecular weight is 341 g/mol. The molecule has 0 atom stereocenters. The van der Waals surface area contributed by atoms with E-state index < -0.39 is 0 Å². The number of nitrogens with zero attached hydrogens (tertiary/aromatic N) is 4. The van der Waals surface area contributed by atoms with Crippen molar-refractivity contribution in [3.05, 3.63) is 54.1 Å². The Hall–Kier alpha value is -1.65. The second kappa shape index (κ2) is 9.16. The predicted molar refractivity (Wildman–Crippen MR) is 104 cm³/mol. The van der Waals surface area contributed by atoms with E-state index in [-0.39, 0.29) is 0 Å². The topological polar surface area (TPSA) is 24.3 Å². The monoisotopic (exact) mass is 340 g/mol. The van der Waals surface area contributed by atoms with Crippen LogP contribution in [0.2, 0.25) is 0 Å². The Morgan fingerprint density at radius 1 is 1.16 bits per heavy atom. The van der Waals surface area contributed by atoms with E-state index in [1.165, 1.54) is 43.9 Å². The van der Waals surface area contributed by atoms with Crippen molar-refractivity contribution in [1.29, 1.82) is 0 Å². The van der Waals surface area contributed by atoms with Crippen LogP contribution in [0.25, 0.3) is 0 Å². The summed E-state index contributed by atoms with van der Waals surface area (Å²) < 4.78 is 2.27. The lowest BCUT2D eigenvalue weighted by atomic mass is 9.96. The van der Waals surface area contributed by atoms with Crippen molar-refractivity contribution in [1.82, 2.24) is 19.4 Å². The zero-order valence-corrected chi connectivity index (χ0v) is 15.8. The number of likely N-dealkylation sites (tertiary alicyclic amines) is 1. The van der Waals surface area contributed by atoms with Gasteiger partial charge in [-0.3, -0.25) is 4.90 Å². The van der Waals surface area contributed by atoms with E-state index in [4.69, 9.17) is 0 Å². The summed E-state index contributed by atoms with van der Waals surface area (Å²) in [5.74, 6) is 2.01. The third-order valence-corrected chi connectivity index (χ3v) is 5.42. The summed E-state index contributed by atoms with van der Waals surface area (Å²) in [5.41, 5.74) is 1.43. The Labute approximate surface area is 152 Å². The van der Waals surface area contributed by atoms with Crippen LogP contribution in [-0.4, -0.2) is 52.6 Å². The van der Waals surface area contributed by atoms with Gasteiger partial charge in [-0.05, 0) is 57.8 Å². The first-order valence-electron chi connectivity index (χ1n) is 9.69. The molecule has 1 fully saturated rings. The predicted octanol–water partition coefficient (Wildman–Crippen LogP) is 3.29. The molecule has 1 aromatic heterocycles. The van der Waals surface area contributed by atoms with Crippen LogP contribution in [0.3, 0.4) is 0 Å². The van der Waals surface area contributed by atoms with E-state index in [2.05, 4.69) is 69.9 Å². The van der Waals surface area contributed by atoms with Crippen molar-refractivity contribution >= 4 is 0 Å². The van der Waals surface area contributed by atoms with E-state index in [9.17, 15) is 0 Å². The van der Waals surface area contributed by atoms with Gasteiger partial charge in [0.05, 0.1) is 6.54 Å². The molecule has 136 valence electrons. The maximum Gasteiger partial charge on any atom is 0.122 e. The van der Waals surface area contributed by atoms with Crippen LogP contribution < -0.4 is 0 Å². The van der Waals surface area contributed by atoms with E-state index >= 15 is 0 Å². The highest BCUT2D eigenvalue weighted by atomic mass is 15.2. The quantitative estimate of drug-likeness (QED) is 0.737. The normalized spacial score (nSPS) is 16.6. The zero-order chi connectivity index (χ0) is 17.5. The molecule has 0 saturated carbocycles. The number of aromatic nitrogens is 2. The van der Waals surface area contributed by atoms with Crippen molar-refractivity contribution in [2.24, 2.45) is 5.92 Å². The molecule has 0 bridgehead atoms. The van der Waals surface area contributed by atoms with Crippen molar-refractivity contribution in [2.75, 3.05) is 33.2 Å². The van der Waals surface area contributed by atoms with Gasteiger partial charge in [0.2, 0.25) is 0 Å². The highest BCUT2D eigenvalue weighted by Crippen LogP contribution is 2.19. The van der Waals surface area contributed by atoms with Crippen LogP contribution in [0, 0.1) is 5.92 Å². The summed E-state index contributed by atoms with van der Waals surface area (Å²) >= 11 is 0. The molecule has 0 unspecified atom stereocenters.